The molecular weight excluding hydrogens is 364 g/mol. The Morgan fingerprint density at radius 3 is 2.54 bits per heavy atom. The molecule has 2 heterocycles. The predicted molar refractivity (Wildman–Crippen MR) is 118 cm³/mol. The largest absolute Gasteiger partial charge is 0.414 e. The van der Waals surface area contributed by atoms with Gasteiger partial charge in [0.2, 0.25) is 0 Å². The van der Waals surface area contributed by atoms with E-state index in [0.29, 0.717) is 31.7 Å². The first-order valence-electron chi connectivity index (χ1n) is 10.7. The summed E-state index contributed by atoms with van der Waals surface area (Å²) in [4.78, 5) is 0. The van der Waals surface area contributed by atoms with Crippen molar-refractivity contribution in [3.05, 3.63) is 48.6 Å². The molecular formula is C24H38O3Si. The average Bonchev–Trinajstić information content (AvgIpc) is 3.12. The summed E-state index contributed by atoms with van der Waals surface area (Å²) < 4.78 is 19.4. The van der Waals surface area contributed by atoms with Gasteiger partial charge >= 0.3 is 0 Å². The van der Waals surface area contributed by atoms with E-state index in [1.807, 2.05) is 6.07 Å². The Hall–Kier alpha value is -0.943. The molecule has 1 aromatic rings. The zero-order valence-corrected chi connectivity index (χ0v) is 19.5. The maximum Gasteiger partial charge on any atom is 0.192 e. The van der Waals surface area contributed by atoms with E-state index in [1.54, 1.807) is 0 Å². The minimum Gasteiger partial charge on any atom is -0.414 e. The summed E-state index contributed by atoms with van der Waals surface area (Å²) in [6.45, 7) is 20.0. The molecule has 4 unspecified atom stereocenters. The SMILES string of the molecule is C=CC1C(COCc2ccccc2)C2CC(C)[C@@]1(CO[Si](C)(C)C(C)(C)C)O2. The highest BCUT2D eigenvalue weighted by Crippen LogP contribution is 2.55. The van der Waals surface area contributed by atoms with Crippen molar-refractivity contribution < 1.29 is 13.9 Å². The number of rotatable bonds is 8. The Kier molecular flexibility index (Phi) is 6.26. The van der Waals surface area contributed by atoms with Crippen molar-refractivity contribution in [1.82, 2.24) is 0 Å². The van der Waals surface area contributed by atoms with Gasteiger partial charge in [0.15, 0.2) is 8.32 Å². The Bertz CT molecular complexity index is 666. The summed E-state index contributed by atoms with van der Waals surface area (Å²) in [6.07, 6.45) is 3.43. The molecule has 0 amide bonds. The number of ether oxygens (including phenoxy) is 2. The van der Waals surface area contributed by atoms with Crippen LogP contribution in [-0.2, 0) is 20.5 Å². The van der Waals surface area contributed by atoms with Crippen LogP contribution in [0.2, 0.25) is 18.1 Å². The van der Waals surface area contributed by atoms with Gasteiger partial charge in [-0.05, 0) is 36.0 Å². The van der Waals surface area contributed by atoms with Gasteiger partial charge in [0.25, 0.3) is 0 Å². The summed E-state index contributed by atoms with van der Waals surface area (Å²) in [6, 6.07) is 10.4. The second kappa shape index (κ2) is 8.06. The Balaban J connectivity index is 1.67. The third kappa shape index (κ3) is 4.02. The number of fused-ring (bicyclic) bond motifs is 2. The molecule has 0 N–H and O–H groups in total. The fourth-order valence-corrected chi connectivity index (χ4v) is 5.53. The second-order valence-corrected chi connectivity index (χ2v) is 15.0. The normalized spacial score (nSPS) is 32.6. The monoisotopic (exact) mass is 402 g/mol. The number of hydrogen-bond donors (Lipinski definition) is 0. The average molecular weight is 403 g/mol. The van der Waals surface area contributed by atoms with E-state index in [1.165, 1.54) is 5.56 Å². The molecule has 3 rings (SSSR count). The maximum atomic E-state index is 6.65. The van der Waals surface area contributed by atoms with Crippen molar-refractivity contribution in [3.8, 4) is 0 Å². The van der Waals surface area contributed by atoms with Crippen LogP contribution in [0.25, 0.3) is 0 Å². The smallest absolute Gasteiger partial charge is 0.192 e. The van der Waals surface area contributed by atoms with E-state index in [2.05, 4.69) is 77.7 Å². The molecule has 3 nitrogen and oxygen atoms in total. The standard InChI is InChI=1S/C24H38O3Si/c1-8-21-20(16-25-15-19-12-10-9-11-13-19)22-14-18(2)24(21,27-22)17-26-28(6,7)23(3,4)5/h8-13,18,20-22H,1,14-17H2,2-7H3/t18?,20?,21?,22?,24-/m1/s1. The first kappa shape index (κ1) is 21.8. The molecule has 0 aromatic heterocycles. The molecule has 2 saturated heterocycles. The molecule has 2 bridgehead atoms. The summed E-state index contributed by atoms with van der Waals surface area (Å²) in [5.74, 6) is 1.12. The van der Waals surface area contributed by atoms with Crippen molar-refractivity contribution >= 4 is 8.32 Å². The molecule has 2 aliphatic rings. The van der Waals surface area contributed by atoms with Crippen molar-refractivity contribution in [2.45, 2.75) is 70.6 Å². The lowest BCUT2D eigenvalue weighted by atomic mass is 9.67. The van der Waals surface area contributed by atoms with Crippen LogP contribution in [-0.4, -0.2) is 33.2 Å². The van der Waals surface area contributed by atoms with Crippen LogP contribution in [0.3, 0.4) is 0 Å². The molecule has 0 aliphatic carbocycles. The first-order chi connectivity index (χ1) is 13.1. The lowest BCUT2D eigenvalue weighted by Gasteiger charge is -2.43. The van der Waals surface area contributed by atoms with Crippen LogP contribution in [0, 0.1) is 17.8 Å². The van der Waals surface area contributed by atoms with Crippen molar-refractivity contribution in [1.29, 1.82) is 0 Å². The number of hydrogen-bond acceptors (Lipinski definition) is 3. The minimum absolute atomic E-state index is 0.200. The molecule has 28 heavy (non-hydrogen) atoms. The molecule has 1 aromatic carbocycles. The quantitative estimate of drug-likeness (QED) is 0.405. The third-order valence-electron chi connectivity index (χ3n) is 7.43. The van der Waals surface area contributed by atoms with Crippen molar-refractivity contribution in [2.75, 3.05) is 13.2 Å². The molecule has 0 radical (unpaired) electrons. The van der Waals surface area contributed by atoms with E-state index in [-0.39, 0.29) is 22.7 Å². The van der Waals surface area contributed by atoms with Crippen LogP contribution in [0.4, 0.5) is 0 Å². The third-order valence-corrected chi connectivity index (χ3v) is 11.9. The summed E-state index contributed by atoms with van der Waals surface area (Å²) in [5.41, 5.74) is 0.967. The van der Waals surface area contributed by atoms with E-state index in [0.717, 1.165) is 6.42 Å². The van der Waals surface area contributed by atoms with Gasteiger partial charge in [0.1, 0.15) is 0 Å². The Labute approximate surface area is 172 Å². The highest BCUT2D eigenvalue weighted by Gasteiger charge is 2.62. The maximum absolute atomic E-state index is 6.65. The van der Waals surface area contributed by atoms with Gasteiger partial charge in [-0.1, -0.05) is 64.1 Å². The van der Waals surface area contributed by atoms with Gasteiger partial charge in [-0.15, -0.1) is 6.58 Å². The van der Waals surface area contributed by atoms with E-state index in [9.17, 15) is 0 Å². The van der Waals surface area contributed by atoms with Crippen LogP contribution in [0.5, 0.6) is 0 Å². The summed E-state index contributed by atoms with van der Waals surface area (Å²) in [5, 5.41) is 0.200. The highest BCUT2D eigenvalue weighted by atomic mass is 28.4. The van der Waals surface area contributed by atoms with E-state index >= 15 is 0 Å². The van der Waals surface area contributed by atoms with E-state index in [4.69, 9.17) is 13.9 Å². The Morgan fingerprint density at radius 2 is 1.93 bits per heavy atom. The van der Waals surface area contributed by atoms with Crippen molar-refractivity contribution in [2.24, 2.45) is 17.8 Å². The minimum atomic E-state index is -1.83. The zero-order valence-electron chi connectivity index (χ0n) is 18.5. The van der Waals surface area contributed by atoms with Gasteiger partial charge < -0.3 is 13.9 Å². The lowest BCUT2D eigenvalue weighted by Crippen LogP contribution is -2.51. The molecule has 0 saturated carbocycles. The van der Waals surface area contributed by atoms with Crippen LogP contribution >= 0.6 is 0 Å². The van der Waals surface area contributed by atoms with Gasteiger partial charge in [0.05, 0.1) is 31.5 Å². The van der Waals surface area contributed by atoms with Gasteiger partial charge in [-0.3, -0.25) is 0 Å². The van der Waals surface area contributed by atoms with Crippen LogP contribution < -0.4 is 0 Å². The molecule has 0 spiro atoms. The molecule has 5 atom stereocenters. The van der Waals surface area contributed by atoms with Crippen LogP contribution in [0.1, 0.15) is 39.7 Å². The fourth-order valence-electron chi connectivity index (χ4n) is 4.51. The van der Waals surface area contributed by atoms with Gasteiger partial charge in [-0.25, -0.2) is 0 Å². The first-order valence-corrected chi connectivity index (χ1v) is 13.6. The summed E-state index contributed by atoms with van der Waals surface area (Å²) in [7, 11) is -1.83. The van der Waals surface area contributed by atoms with Gasteiger partial charge in [0, 0.05) is 11.8 Å². The molecule has 4 heteroatoms. The highest BCUT2D eigenvalue weighted by molar-refractivity contribution is 6.74. The summed E-state index contributed by atoms with van der Waals surface area (Å²) >= 11 is 0. The van der Waals surface area contributed by atoms with Gasteiger partial charge in [-0.2, -0.15) is 0 Å². The predicted octanol–water partition coefficient (Wildman–Crippen LogP) is 5.82. The topological polar surface area (TPSA) is 27.7 Å². The molecule has 2 fully saturated rings. The lowest BCUT2D eigenvalue weighted by molar-refractivity contribution is -0.0564. The molecule has 156 valence electrons. The number of benzene rings is 1. The fraction of sp³-hybridized carbons (Fsp3) is 0.667. The van der Waals surface area contributed by atoms with Crippen molar-refractivity contribution in [3.63, 3.8) is 0 Å². The van der Waals surface area contributed by atoms with Crippen LogP contribution in [0.15, 0.2) is 43.0 Å². The zero-order chi connectivity index (χ0) is 20.6. The Morgan fingerprint density at radius 1 is 1.25 bits per heavy atom. The second-order valence-electron chi connectivity index (χ2n) is 10.2. The van der Waals surface area contributed by atoms with E-state index < -0.39 is 8.32 Å². The molecule has 2 aliphatic heterocycles.